The second-order valence-corrected chi connectivity index (χ2v) is 6.35. The standard InChI is InChI=1S/C13H18N8S/c1-3-19-4-6-20(7-5-19)12-10-11(14-8-15-12)18-21-9(2)16-17-13(21)22-10/h8H,3-7H2,1-2H3,(H,14,15,18). The van der Waals surface area contributed by atoms with E-state index in [1.807, 2.05) is 11.6 Å². The summed E-state index contributed by atoms with van der Waals surface area (Å²) in [5, 5.41) is 9.13. The molecule has 1 saturated heterocycles. The molecule has 0 unspecified atom stereocenters. The fourth-order valence-electron chi connectivity index (χ4n) is 2.77. The van der Waals surface area contributed by atoms with Gasteiger partial charge in [-0.2, -0.15) is 0 Å². The van der Waals surface area contributed by atoms with E-state index < -0.39 is 0 Å². The number of likely N-dealkylation sites (N-methyl/N-ethyl adjacent to an activating group) is 1. The zero-order valence-corrected chi connectivity index (χ0v) is 13.5. The van der Waals surface area contributed by atoms with Crippen LogP contribution >= 0.6 is 11.8 Å². The highest BCUT2D eigenvalue weighted by Crippen LogP contribution is 2.41. The number of nitrogens with zero attached hydrogens (tertiary/aromatic N) is 7. The van der Waals surface area contributed by atoms with Crippen molar-refractivity contribution in [2.24, 2.45) is 0 Å². The number of aromatic nitrogens is 5. The molecule has 116 valence electrons. The number of hydrogen-bond donors (Lipinski definition) is 1. The van der Waals surface area contributed by atoms with Crippen LogP contribution in [0.1, 0.15) is 12.7 Å². The minimum atomic E-state index is 0.823. The summed E-state index contributed by atoms with van der Waals surface area (Å²) in [5.41, 5.74) is 3.27. The van der Waals surface area contributed by atoms with Crippen molar-refractivity contribution in [2.45, 2.75) is 23.9 Å². The van der Waals surface area contributed by atoms with E-state index in [0.29, 0.717) is 0 Å². The zero-order chi connectivity index (χ0) is 15.1. The lowest BCUT2D eigenvalue weighted by Crippen LogP contribution is -2.46. The topological polar surface area (TPSA) is 75.0 Å². The van der Waals surface area contributed by atoms with Gasteiger partial charge in [-0.1, -0.05) is 6.92 Å². The van der Waals surface area contributed by atoms with Crippen molar-refractivity contribution in [3.05, 3.63) is 12.2 Å². The fourth-order valence-corrected chi connectivity index (χ4v) is 3.78. The molecule has 0 radical (unpaired) electrons. The molecule has 0 amide bonds. The van der Waals surface area contributed by atoms with Crippen LogP contribution in [0.5, 0.6) is 0 Å². The van der Waals surface area contributed by atoms with Crippen LogP contribution in [-0.2, 0) is 0 Å². The lowest BCUT2D eigenvalue weighted by Gasteiger charge is -2.36. The van der Waals surface area contributed by atoms with Gasteiger partial charge >= 0.3 is 0 Å². The molecule has 1 N–H and O–H groups in total. The van der Waals surface area contributed by atoms with Crippen molar-refractivity contribution in [1.82, 2.24) is 29.7 Å². The largest absolute Gasteiger partial charge is 0.353 e. The van der Waals surface area contributed by atoms with E-state index in [1.54, 1.807) is 18.1 Å². The highest BCUT2D eigenvalue weighted by atomic mass is 32.2. The third-order valence-corrected chi connectivity index (χ3v) is 5.14. The Morgan fingerprint density at radius 1 is 1.18 bits per heavy atom. The maximum atomic E-state index is 4.52. The Morgan fingerprint density at radius 2 is 2.00 bits per heavy atom. The van der Waals surface area contributed by atoms with Crippen molar-refractivity contribution in [1.29, 1.82) is 0 Å². The van der Waals surface area contributed by atoms with E-state index in [4.69, 9.17) is 0 Å². The van der Waals surface area contributed by atoms with Crippen LogP contribution in [0.3, 0.4) is 0 Å². The van der Waals surface area contributed by atoms with Gasteiger partial charge in [0.05, 0.1) is 0 Å². The number of piperazine rings is 1. The molecule has 2 aromatic rings. The van der Waals surface area contributed by atoms with Crippen molar-refractivity contribution < 1.29 is 0 Å². The molecule has 2 aliphatic rings. The number of fused-ring (bicyclic) bond motifs is 2. The summed E-state index contributed by atoms with van der Waals surface area (Å²) in [6.45, 7) is 9.35. The minimum absolute atomic E-state index is 0.823. The lowest BCUT2D eigenvalue weighted by atomic mass is 10.3. The molecule has 0 spiro atoms. The Morgan fingerprint density at radius 3 is 2.77 bits per heavy atom. The van der Waals surface area contributed by atoms with Gasteiger partial charge in [0.2, 0.25) is 5.16 Å². The van der Waals surface area contributed by atoms with Crippen molar-refractivity contribution in [3.8, 4) is 0 Å². The first-order valence-electron chi connectivity index (χ1n) is 7.45. The first kappa shape index (κ1) is 13.8. The summed E-state index contributed by atoms with van der Waals surface area (Å²) in [7, 11) is 0. The summed E-state index contributed by atoms with van der Waals surface area (Å²) in [6, 6.07) is 0. The molecule has 8 nitrogen and oxygen atoms in total. The van der Waals surface area contributed by atoms with Gasteiger partial charge in [-0.05, 0) is 25.2 Å². The van der Waals surface area contributed by atoms with Gasteiger partial charge in [-0.15, -0.1) is 10.2 Å². The summed E-state index contributed by atoms with van der Waals surface area (Å²) in [5.74, 6) is 2.64. The molecule has 0 aliphatic carbocycles. The molecule has 2 aliphatic heterocycles. The maximum Gasteiger partial charge on any atom is 0.215 e. The lowest BCUT2D eigenvalue weighted by molar-refractivity contribution is 0.270. The third kappa shape index (κ3) is 2.20. The van der Waals surface area contributed by atoms with Gasteiger partial charge in [-0.25, -0.2) is 14.6 Å². The normalized spacial score (nSPS) is 17.8. The van der Waals surface area contributed by atoms with Gasteiger partial charge in [0.1, 0.15) is 22.9 Å². The number of aryl methyl sites for hydroxylation is 1. The highest BCUT2D eigenvalue weighted by Gasteiger charge is 2.27. The monoisotopic (exact) mass is 318 g/mol. The van der Waals surface area contributed by atoms with Crippen LogP contribution in [0.25, 0.3) is 0 Å². The number of anilines is 2. The smallest absolute Gasteiger partial charge is 0.215 e. The molecule has 4 heterocycles. The molecule has 0 saturated carbocycles. The Kier molecular flexibility index (Phi) is 3.38. The third-order valence-electron chi connectivity index (χ3n) is 4.11. The molecule has 0 bridgehead atoms. The summed E-state index contributed by atoms with van der Waals surface area (Å²) < 4.78 is 1.86. The predicted octanol–water partition coefficient (Wildman–Crippen LogP) is 0.858. The summed E-state index contributed by atoms with van der Waals surface area (Å²) >= 11 is 1.58. The van der Waals surface area contributed by atoms with Crippen molar-refractivity contribution in [3.63, 3.8) is 0 Å². The molecular formula is C13H18N8S. The molecule has 22 heavy (non-hydrogen) atoms. The van der Waals surface area contributed by atoms with E-state index in [2.05, 4.69) is 42.3 Å². The van der Waals surface area contributed by atoms with Crippen LogP contribution in [0, 0.1) is 6.92 Å². The number of hydrogen-bond acceptors (Lipinski definition) is 8. The van der Waals surface area contributed by atoms with Gasteiger partial charge in [0, 0.05) is 26.2 Å². The fraction of sp³-hybridized carbons (Fsp3) is 0.538. The van der Waals surface area contributed by atoms with E-state index in [0.717, 1.165) is 60.2 Å². The van der Waals surface area contributed by atoms with Gasteiger partial charge < -0.3 is 9.80 Å². The second kappa shape index (κ2) is 5.40. The van der Waals surface area contributed by atoms with Gasteiger partial charge in [0.25, 0.3) is 0 Å². The molecule has 9 heteroatoms. The van der Waals surface area contributed by atoms with Gasteiger partial charge in [-0.3, -0.25) is 5.43 Å². The Hall–Kier alpha value is -1.87. The van der Waals surface area contributed by atoms with E-state index in [9.17, 15) is 0 Å². The molecular weight excluding hydrogens is 300 g/mol. The van der Waals surface area contributed by atoms with E-state index >= 15 is 0 Å². The molecule has 1 fully saturated rings. The van der Waals surface area contributed by atoms with Gasteiger partial charge in [0.15, 0.2) is 5.82 Å². The Labute approximate surface area is 132 Å². The van der Waals surface area contributed by atoms with Crippen LogP contribution in [-0.4, -0.2) is 62.5 Å². The highest BCUT2D eigenvalue weighted by molar-refractivity contribution is 7.99. The number of rotatable bonds is 2. The first-order chi connectivity index (χ1) is 10.8. The van der Waals surface area contributed by atoms with E-state index in [1.165, 1.54) is 0 Å². The van der Waals surface area contributed by atoms with Crippen LogP contribution in [0.15, 0.2) is 16.4 Å². The van der Waals surface area contributed by atoms with Crippen LogP contribution in [0.2, 0.25) is 0 Å². The Balaban J connectivity index is 1.64. The maximum absolute atomic E-state index is 4.52. The van der Waals surface area contributed by atoms with Crippen LogP contribution < -0.4 is 10.3 Å². The van der Waals surface area contributed by atoms with Crippen molar-refractivity contribution in [2.75, 3.05) is 43.0 Å². The minimum Gasteiger partial charge on any atom is -0.353 e. The zero-order valence-electron chi connectivity index (χ0n) is 12.7. The molecule has 4 rings (SSSR count). The molecule has 0 aromatic carbocycles. The first-order valence-corrected chi connectivity index (χ1v) is 8.27. The Bertz CT molecular complexity index is 691. The second-order valence-electron chi connectivity index (χ2n) is 5.38. The SMILES string of the molecule is CCN1CCN(c2ncnc3c2Sc2nnc(C)n2N3)CC1. The quantitative estimate of drug-likeness (QED) is 0.746. The predicted molar refractivity (Wildman–Crippen MR) is 84.3 cm³/mol. The summed E-state index contributed by atoms with van der Waals surface area (Å²) in [6.07, 6.45) is 1.62. The van der Waals surface area contributed by atoms with Crippen molar-refractivity contribution >= 4 is 23.4 Å². The average molecular weight is 318 g/mol. The molecule has 0 atom stereocenters. The summed E-state index contributed by atoms with van der Waals surface area (Å²) in [4.78, 5) is 14.7. The number of nitrogens with one attached hydrogen (secondary N) is 1. The van der Waals surface area contributed by atoms with Crippen LogP contribution in [0.4, 0.5) is 11.6 Å². The van der Waals surface area contributed by atoms with E-state index in [-0.39, 0.29) is 0 Å². The average Bonchev–Trinajstić information content (AvgIpc) is 2.93. The molecule has 2 aromatic heterocycles.